The number of nitrogen functional groups attached to an aromatic ring is 1. The average molecular weight is 669 g/mol. The minimum atomic E-state index is -4.39. The molecule has 0 radical (unpaired) electrons. The smallest absolute Gasteiger partial charge is 0.459 e. The number of carbonyl (C=O) groups excluding carboxylic acids is 1. The maximum Gasteiger partial charge on any atom is 0.459 e. The van der Waals surface area contributed by atoms with E-state index in [0.29, 0.717) is 5.39 Å². The van der Waals surface area contributed by atoms with Gasteiger partial charge in [-0.15, -0.1) is 0 Å². The number of nitrogens with one attached hydrogen (secondary N) is 1. The Bertz CT molecular complexity index is 1910. The van der Waals surface area contributed by atoms with Crippen molar-refractivity contribution in [2.45, 2.75) is 44.1 Å². The molecule has 6 rings (SSSR count). The van der Waals surface area contributed by atoms with E-state index in [1.54, 1.807) is 36.4 Å². The monoisotopic (exact) mass is 668 g/mol. The molecule has 1 fully saturated rings. The molecular weight excluding hydrogens is 639 g/mol. The van der Waals surface area contributed by atoms with Crippen LogP contribution in [-0.2, 0) is 30.0 Å². The molecular formula is C30H30ClN6O8P. The number of aromatic nitrogens is 4. The van der Waals surface area contributed by atoms with E-state index in [2.05, 4.69) is 20.0 Å². The minimum absolute atomic E-state index is 0.00444. The zero-order chi connectivity index (χ0) is 32.4. The van der Waals surface area contributed by atoms with Crippen molar-refractivity contribution >= 4 is 53.1 Å². The van der Waals surface area contributed by atoms with E-state index in [9.17, 15) is 19.6 Å². The molecule has 0 saturated carbocycles. The van der Waals surface area contributed by atoms with Crippen molar-refractivity contribution < 1.29 is 38.1 Å². The lowest BCUT2D eigenvalue weighted by molar-refractivity contribution is -0.146. The second-order valence-electron chi connectivity index (χ2n) is 10.5. The van der Waals surface area contributed by atoms with E-state index < -0.39 is 50.9 Å². The highest BCUT2D eigenvalue weighted by atomic mass is 35.5. The standard InChI is InChI=1S/C30H30ClN6O8P/c1-17(29(40)42-14-18-8-3-2-4-9-18)36-46(41,45-21-13-7-11-19-10-5-6-12-20(19)21)43-15-22-24(38)25(39)28(44-22)37-27-23(35-30(37)31)26(32)33-16-34-27/h2-13,16-17,22,24-25,28,38-39H,14-15H2,1H3,(H,36,41)(H2,32,33,34)/t17-,22+,24+,25+,28+,46?/m0/s1. The number of fused-ring (bicyclic) bond motifs is 2. The van der Waals surface area contributed by atoms with Crippen LogP contribution in [0.4, 0.5) is 5.82 Å². The highest BCUT2D eigenvalue weighted by molar-refractivity contribution is 7.52. The van der Waals surface area contributed by atoms with Gasteiger partial charge in [0.1, 0.15) is 43.0 Å². The number of nitrogens with two attached hydrogens (primary N) is 1. The van der Waals surface area contributed by atoms with Gasteiger partial charge in [-0.25, -0.2) is 19.5 Å². The SMILES string of the molecule is C[C@H](NP(=O)(OC[C@H]1O[C@@H](n2c(Cl)nc3c(N)ncnc32)[C@H](O)[C@@H]1O)Oc1cccc2ccccc12)C(=O)OCc1ccccc1. The summed E-state index contributed by atoms with van der Waals surface area (Å²) in [6.07, 6.45) is -4.31. The van der Waals surface area contributed by atoms with Crippen LogP contribution in [0, 0.1) is 0 Å². The summed E-state index contributed by atoms with van der Waals surface area (Å²) in [7, 11) is -4.39. The molecule has 5 aromatic rings. The predicted octanol–water partition coefficient (Wildman–Crippen LogP) is 3.76. The lowest BCUT2D eigenvalue weighted by atomic mass is 10.1. The first-order valence-corrected chi connectivity index (χ1v) is 16.1. The van der Waals surface area contributed by atoms with E-state index in [0.717, 1.165) is 10.9 Å². The van der Waals surface area contributed by atoms with Gasteiger partial charge in [0.15, 0.2) is 23.2 Å². The van der Waals surface area contributed by atoms with Crippen molar-refractivity contribution in [1.82, 2.24) is 24.6 Å². The predicted molar refractivity (Wildman–Crippen MR) is 168 cm³/mol. The van der Waals surface area contributed by atoms with Crippen molar-refractivity contribution in [3.63, 3.8) is 0 Å². The summed E-state index contributed by atoms with van der Waals surface area (Å²) in [6, 6.07) is 20.4. The largest absolute Gasteiger partial charge is 0.460 e. The van der Waals surface area contributed by atoms with Gasteiger partial charge in [0, 0.05) is 5.39 Å². The molecule has 0 aliphatic carbocycles. The van der Waals surface area contributed by atoms with Gasteiger partial charge in [0.05, 0.1) is 6.61 Å². The molecule has 1 aliphatic heterocycles. The van der Waals surface area contributed by atoms with E-state index >= 15 is 0 Å². The Morgan fingerprint density at radius 1 is 1.09 bits per heavy atom. The molecule has 1 saturated heterocycles. The number of carbonyl (C=O) groups is 1. The van der Waals surface area contributed by atoms with Crippen LogP contribution in [0.25, 0.3) is 21.9 Å². The molecule has 46 heavy (non-hydrogen) atoms. The summed E-state index contributed by atoms with van der Waals surface area (Å²) in [4.78, 5) is 25.1. The Morgan fingerprint density at radius 2 is 1.83 bits per heavy atom. The van der Waals surface area contributed by atoms with Gasteiger partial charge in [-0.3, -0.25) is 13.9 Å². The van der Waals surface area contributed by atoms with Crippen molar-refractivity contribution in [3.05, 3.63) is 90.0 Å². The van der Waals surface area contributed by atoms with Crippen LogP contribution >= 0.6 is 19.3 Å². The summed E-state index contributed by atoms with van der Waals surface area (Å²) in [5.74, 6) is -0.421. The molecule has 6 atom stereocenters. The number of hydrogen-bond donors (Lipinski definition) is 4. The first-order valence-electron chi connectivity index (χ1n) is 14.2. The number of anilines is 1. The number of imidazole rings is 1. The van der Waals surface area contributed by atoms with Crippen LogP contribution in [0.15, 0.2) is 79.1 Å². The second kappa shape index (κ2) is 13.3. The van der Waals surface area contributed by atoms with Crippen molar-refractivity contribution in [2.75, 3.05) is 12.3 Å². The normalized spacial score (nSPS) is 21.7. The van der Waals surface area contributed by atoms with Crippen LogP contribution in [0.3, 0.4) is 0 Å². The molecule has 0 amide bonds. The number of nitrogens with zero attached hydrogens (tertiary/aromatic N) is 4. The summed E-state index contributed by atoms with van der Waals surface area (Å²) in [6.45, 7) is 0.928. The van der Waals surface area contributed by atoms with E-state index in [-0.39, 0.29) is 34.6 Å². The number of halogens is 1. The van der Waals surface area contributed by atoms with Gasteiger partial charge in [-0.2, -0.15) is 5.09 Å². The third-order valence-corrected chi connectivity index (χ3v) is 9.26. The maximum atomic E-state index is 14.3. The van der Waals surface area contributed by atoms with Crippen molar-refractivity contribution in [1.29, 1.82) is 0 Å². The first kappa shape index (κ1) is 31.8. The Labute approximate surface area is 267 Å². The van der Waals surface area contributed by atoms with Crippen LogP contribution in [-0.4, -0.2) is 66.7 Å². The number of hydrogen-bond acceptors (Lipinski definition) is 12. The highest BCUT2D eigenvalue weighted by Gasteiger charge is 2.47. The second-order valence-corrected chi connectivity index (χ2v) is 12.6. The summed E-state index contributed by atoms with van der Waals surface area (Å²) in [5, 5.41) is 25.8. The van der Waals surface area contributed by atoms with Gasteiger partial charge < -0.3 is 29.9 Å². The Hall–Kier alpha value is -4.14. The number of rotatable bonds is 11. The zero-order valence-corrected chi connectivity index (χ0v) is 26.0. The zero-order valence-electron chi connectivity index (χ0n) is 24.3. The van der Waals surface area contributed by atoms with Crippen LogP contribution < -0.4 is 15.3 Å². The van der Waals surface area contributed by atoms with Gasteiger partial charge in [-0.1, -0.05) is 66.7 Å². The Morgan fingerprint density at radius 3 is 2.63 bits per heavy atom. The molecule has 16 heteroatoms. The maximum absolute atomic E-state index is 14.3. The Kier molecular flexibility index (Phi) is 9.20. The topological polar surface area (TPSA) is 193 Å². The van der Waals surface area contributed by atoms with Gasteiger partial charge in [0.2, 0.25) is 5.28 Å². The number of esters is 1. The summed E-state index contributed by atoms with van der Waals surface area (Å²) >= 11 is 6.33. The molecule has 1 aliphatic rings. The Balaban J connectivity index is 1.22. The third-order valence-electron chi connectivity index (χ3n) is 7.36. The van der Waals surface area contributed by atoms with Crippen molar-refractivity contribution in [3.8, 4) is 5.75 Å². The van der Waals surface area contributed by atoms with Gasteiger partial charge in [0.25, 0.3) is 0 Å². The summed E-state index contributed by atoms with van der Waals surface area (Å²) < 4.78 is 38.6. The number of ether oxygens (including phenoxy) is 2. The number of aliphatic hydroxyl groups is 2. The summed E-state index contributed by atoms with van der Waals surface area (Å²) in [5.41, 5.74) is 7.01. The molecule has 0 bridgehead atoms. The molecule has 1 unspecified atom stereocenters. The van der Waals surface area contributed by atoms with Crippen LogP contribution in [0.5, 0.6) is 5.75 Å². The fraction of sp³-hybridized carbons (Fsp3) is 0.267. The number of aliphatic hydroxyl groups excluding tert-OH is 2. The van der Waals surface area contributed by atoms with E-state index in [1.165, 1.54) is 17.8 Å². The number of benzene rings is 3. The first-order chi connectivity index (χ1) is 22.1. The van der Waals surface area contributed by atoms with Gasteiger partial charge >= 0.3 is 13.7 Å². The van der Waals surface area contributed by atoms with Gasteiger partial charge in [-0.05, 0) is 35.5 Å². The molecule has 3 aromatic carbocycles. The molecule has 5 N–H and O–H groups in total. The quantitative estimate of drug-likeness (QED) is 0.0904. The fourth-order valence-electron chi connectivity index (χ4n) is 5.02. The molecule has 2 aromatic heterocycles. The minimum Gasteiger partial charge on any atom is -0.460 e. The third kappa shape index (κ3) is 6.55. The molecule has 3 heterocycles. The lowest BCUT2D eigenvalue weighted by Crippen LogP contribution is -2.37. The molecule has 0 spiro atoms. The van der Waals surface area contributed by atoms with E-state index in [1.807, 2.05) is 36.4 Å². The van der Waals surface area contributed by atoms with Crippen molar-refractivity contribution in [2.24, 2.45) is 0 Å². The van der Waals surface area contributed by atoms with E-state index in [4.69, 9.17) is 35.9 Å². The van der Waals surface area contributed by atoms with Crippen LogP contribution in [0.2, 0.25) is 5.28 Å². The van der Waals surface area contributed by atoms with Crippen LogP contribution in [0.1, 0.15) is 18.7 Å². The lowest BCUT2D eigenvalue weighted by Gasteiger charge is -2.25. The fourth-order valence-corrected chi connectivity index (χ4v) is 6.80. The molecule has 14 nitrogen and oxygen atoms in total. The highest BCUT2D eigenvalue weighted by Crippen LogP contribution is 2.48. The average Bonchev–Trinajstić information content (AvgIpc) is 3.54. The molecule has 240 valence electrons.